The Morgan fingerprint density at radius 3 is 2.42 bits per heavy atom. The van der Waals surface area contributed by atoms with Crippen LogP contribution in [-0.4, -0.2) is 124 Å². The predicted octanol–water partition coefficient (Wildman–Crippen LogP) is 5.70. The number of rotatable bonds is 11. The zero-order chi connectivity index (χ0) is 45.9. The van der Waals surface area contributed by atoms with Gasteiger partial charge in [-0.3, -0.25) is 9.69 Å². The first-order valence-electron chi connectivity index (χ1n) is 22.1. The van der Waals surface area contributed by atoms with Crippen molar-refractivity contribution in [2.24, 2.45) is 0 Å². The van der Waals surface area contributed by atoms with E-state index in [9.17, 15) is 34.8 Å². The van der Waals surface area contributed by atoms with Crippen molar-refractivity contribution in [3.05, 3.63) is 104 Å². The average molecular weight is 886 g/mol. The number of amides is 1. The van der Waals surface area contributed by atoms with Gasteiger partial charge in [-0.1, -0.05) is 38.0 Å². The number of piperazine rings is 1. The number of fused-ring (bicyclic) bond motifs is 5. The van der Waals surface area contributed by atoms with Gasteiger partial charge in [-0.05, 0) is 72.9 Å². The number of ether oxygens (including phenoxy) is 2. The number of pyridine rings is 2. The van der Waals surface area contributed by atoms with Crippen molar-refractivity contribution < 1.29 is 44.0 Å². The fourth-order valence-corrected chi connectivity index (χ4v) is 9.57. The van der Waals surface area contributed by atoms with Crippen LogP contribution in [0.2, 0.25) is 0 Å². The number of esters is 1. The van der Waals surface area contributed by atoms with Crippen LogP contribution < -0.4 is 5.56 Å². The van der Waals surface area contributed by atoms with Gasteiger partial charge in [-0.25, -0.2) is 19.1 Å². The number of benzene rings is 3. The molecule has 3 aliphatic heterocycles. The second-order valence-corrected chi connectivity index (χ2v) is 17.6. The Morgan fingerprint density at radius 2 is 1.71 bits per heavy atom. The number of phenols is 3. The predicted molar refractivity (Wildman–Crippen MR) is 240 cm³/mol. The lowest BCUT2D eigenvalue weighted by Gasteiger charge is -2.44. The minimum Gasteiger partial charge on any atom is -0.508 e. The molecule has 3 aliphatic rings. The number of hydrogen-bond donors (Lipinski definition) is 4. The van der Waals surface area contributed by atoms with Crippen LogP contribution >= 0.6 is 0 Å². The largest absolute Gasteiger partial charge is 0.508 e. The first-order chi connectivity index (χ1) is 31.2. The van der Waals surface area contributed by atoms with Gasteiger partial charge in [0.1, 0.15) is 30.4 Å². The van der Waals surface area contributed by atoms with Crippen LogP contribution in [0.1, 0.15) is 73.1 Å². The van der Waals surface area contributed by atoms with Gasteiger partial charge in [0.2, 0.25) is 6.10 Å². The van der Waals surface area contributed by atoms with E-state index in [-0.39, 0.29) is 59.3 Å². The summed E-state index contributed by atoms with van der Waals surface area (Å²) in [7, 11) is 1.63. The van der Waals surface area contributed by atoms with Gasteiger partial charge in [0, 0.05) is 61.4 Å². The highest BCUT2D eigenvalue weighted by Crippen LogP contribution is 2.41. The topological polar surface area (TPSA) is 206 Å². The van der Waals surface area contributed by atoms with Gasteiger partial charge in [-0.2, -0.15) is 0 Å². The van der Waals surface area contributed by atoms with E-state index >= 15 is 0 Å². The van der Waals surface area contributed by atoms with E-state index in [2.05, 4.69) is 22.0 Å². The van der Waals surface area contributed by atoms with Gasteiger partial charge >= 0.3 is 18.1 Å². The molecule has 6 aromatic rings. The molecule has 65 heavy (non-hydrogen) atoms. The standard InChI is InChI=1S/C48H52N8O9/c1-6-31-33-20-30(57)12-13-38(33)49-42-36(31)24-54-39(42)22-34-37(45(54)60)26-64-46(61)43(34)65-48(63)52(5)14-15-53-16-18-56(7-2,19-17-53)25-28-8-10-29(11-9-28)55-44(50-51-47(55)62)35-21-32(27(3)4)40(58)23-41(35)59/h8-13,20-23,27,43H,6-7,14-19,24-26H2,1-5H3,(H3-,49,50,51,57,58,59,60,62)/p+1/t43-/m0/s1. The SMILES string of the molecule is CCc1c2c(nc3ccc(O)cc13)-c1cc3c(c(=O)n1C2)COC(=O)[C@H]3OC(=O)N(C)CCN1CC[N+](CC)(Cc2ccc(-n3c(O)nnc3-c3cc(C(C)C)c(O)cc3O)cc2)CC1. The highest BCUT2D eigenvalue weighted by Gasteiger charge is 2.39. The number of quaternary nitrogens is 1. The van der Waals surface area contributed by atoms with Crippen molar-refractivity contribution in [1.29, 1.82) is 0 Å². The minimum atomic E-state index is -1.42. The van der Waals surface area contributed by atoms with E-state index in [1.54, 1.807) is 41.9 Å². The van der Waals surface area contributed by atoms with Gasteiger partial charge in [0.05, 0.1) is 59.9 Å². The normalized spacial score (nSPS) is 16.6. The van der Waals surface area contributed by atoms with Crippen molar-refractivity contribution in [3.8, 4) is 51.7 Å². The molecule has 0 aliphatic carbocycles. The van der Waals surface area contributed by atoms with Crippen molar-refractivity contribution in [2.45, 2.75) is 65.8 Å². The summed E-state index contributed by atoms with van der Waals surface area (Å²) in [5.74, 6) is -0.569. The number of hydrogen-bond acceptors (Lipinski definition) is 13. The molecular weight excluding hydrogens is 833 g/mol. The van der Waals surface area contributed by atoms with Gasteiger partial charge in [0.25, 0.3) is 5.56 Å². The Bertz CT molecular complexity index is 2920. The van der Waals surface area contributed by atoms with Crippen molar-refractivity contribution >= 4 is 23.0 Å². The molecule has 1 saturated heterocycles. The highest BCUT2D eigenvalue weighted by molar-refractivity contribution is 5.89. The van der Waals surface area contributed by atoms with E-state index in [0.29, 0.717) is 58.8 Å². The fraction of sp³-hybridized carbons (Fsp3) is 0.375. The quantitative estimate of drug-likeness (QED) is 0.0911. The Kier molecular flexibility index (Phi) is 11.2. The van der Waals surface area contributed by atoms with Crippen molar-refractivity contribution in [3.63, 3.8) is 0 Å². The number of carbonyl (C=O) groups excluding carboxylic acids is 2. The fourth-order valence-electron chi connectivity index (χ4n) is 9.57. The molecule has 0 unspecified atom stereocenters. The molecule has 9 rings (SSSR count). The summed E-state index contributed by atoms with van der Waals surface area (Å²) in [6.45, 7) is 14.2. The van der Waals surface area contributed by atoms with Gasteiger partial charge in [0.15, 0.2) is 5.82 Å². The maximum absolute atomic E-state index is 13.9. The van der Waals surface area contributed by atoms with Crippen molar-refractivity contribution in [2.75, 3.05) is 52.9 Å². The lowest BCUT2D eigenvalue weighted by Crippen LogP contribution is -2.59. The first kappa shape index (κ1) is 43.3. The third-order valence-corrected chi connectivity index (χ3v) is 13.5. The molecule has 0 radical (unpaired) electrons. The summed E-state index contributed by atoms with van der Waals surface area (Å²) in [6.07, 6.45) is -1.46. The van der Waals surface area contributed by atoms with E-state index in [4.69, 9.17) is 14.5 Å². The second kappa shape index (κ2) is 16.9. The van der Waals surface area contributed by atoms with Crippen molar-refractivity contribution in [1.82, 2.24) is 34.1 Å². The number of carbonyl (C=O) groups is 2. The Labute approximate surface area is 374 Å². The smallest absolute Gasteiger partial charge is 0.410 e. The summed E-state index contributed by atoms with van der Waals surface area (Å²) < 4.78 is 15.2. The Hall–Kier alpha value is -6.98. The third kappa shape index (κ3) is 7.77. The number of likely N-dealkylation sites (N-methyl/N-ethyl adjacent to an activating group) is 2. The average Bonchev–Trinajstić information content (AvgIpc) is 3.86. The zero-order valence-electron chi connectivity index (χ0n) is 37.1. The lowest BCUT2D eigenvalue weighted by molar-refractivity contribution is -0.943. The number of phenolic OH excluding ortho intramolecular Hbond substituents is 3. The molecule has 1 fully saturated rings. The van der Waals surface area contributed by atoms with Crippen LogP contribution in [0.25, 0.3) is 39.4 Å². The molecule has 4 N–H and O–H groups in total. The second-order valence-electron chi connectivity index (χ2n) is 17.6. The molecule has 338 valence electrons. The third-order valence-electron chi connectivity index (χ3n) is 13.5. The van der Waals surface area contributed by atoms with Gasteiger partial charge in [-0.15, -0.1) is 5.10 Å². The molecule has 0 bridgehead atoms. The molecule has 0 saturated carbocycles. The summed E-state index contributed by atoms with van der Waals surface area (Å²) in [4.78, 5) is 49.3. The van der Waals surface area contributed by atoms with Crippen LogP contribution in [0.5, 0.6) is 23.3 Å². The monoisotopic (exact) mass is 885 g/mol. The molecule has 6 heterocycles. The van der Waals surface area contributed by atoms with E-state index in [0.717, 1.165) is 65.8 Å². The molecule has 1 atom stereocenters. The number of aromatic nitrogens is 5. The molecule has 3 aromatic carbocycles. The van der Waals surface area contributed by atoms with Crippen LogP contribution in [0.4, 0.5) is 4.79 Å². The number of nitrogens with zero attached hydrogens (tertiary/aromatic N) is 8. The van der Waals surface area contributed by atoms with Crippen LogP contribution in [0, 0.1) is 0 Å². The highest BCUT2D eigenvalue weighted by atomic mass is 16.6. The molecule has 0 spiro atoms. The first-order valence-corrected chi connectivity index (χ1v) is 22.1. The van der Waals surface area contributed by atoms with E-state index in [1.807, 2.05) is 45.0 Å². The Morgan fingerprint density at radius 1 is 0.954 bits per heavy atom. The molecule has 17 heteroatoms. The van der Waals surface area contributed by atoms with Crippen LogP contribution in [0.15, 0.2) is 65.5 Å². The number of aromatic hydroxyl groups is 4. The van der Waals surface area contributed by atoms with Gasteiger partial charge < -0.3 is 43.8 Å². The number of cyclic esters (lactones) is 1. The molecule has 3 aromatic heterocycles. The summed E-state index contributed by atoms with van der Waals surface area (Å²) in [6, 6.07) is 17.2. The zero-order valence-corrected chi connectivity index (χ0v) is 37.1. The Balaban J connectivity index is 0.833. The van der Waals surface area contributed by atoms with Crippen LogP contribution in [0.3, 0.4) is 0 Å². The molecule has 17 nitrogen and oxygen atoms in total. The van der Waals surface area contributed by atoms with E-state index < -0.39 is 18.2 Å². The maximum Gasteiger partial charge on any atom is 0.410 e. The van der Waals surface area contributed by atoms with Crippen LogP contribution in [-0.2, 0) is 40.4 Å². The maximum atomic E-state index is 13.9. The summed E-state index contributed by atoms with van der Waals surface area (Å²) in [5.41, 5.74) is 6.65. The summed E-state index contributed by atoms with van der Waals surface area (Å²) >= 11 is 0. The lowest BCUT2D eigenvalue weighted by atomic mass is 9.97. The summed E-state index contributed by atoms with van der Waals surface area (Å²) in [5, 5.41) is 50.9. The molecule has 1 amide bonds. The van der Waals surface area contributed by atoms with E-state index in [1.165, 1.54) is 15.5 Å². The molecular formula is C48H53N8O9+. The number of aryl methyl sites for hydroxylation is 1. The minimum absolute atomic E-state index is 0.0135.